The van der Waals surface area contributed by atoms with Gasteiger partial charge in [0.25, 0.3) is 5.56 Å². The summed E-state index contributed by atoms with van der Waals surface area (Å²) in [5.41, 5.74) is 3.13. The summed E-state index contributed by atoms with van der Waals surface area (Å²) in [5.74, 6) is 1.86. The zero-order valence-electron chi connectivity index (χ0n) is 19.9. The van der Waals surface area contributed by atoms with Crippen LogP contribution in [-0.4, -0.2) is 35.3 Å². The fourth-order valence-corrected chi connectivity index (χ4v) is 3.73. The van der Waals surface area contributed by atoms with Gasteiger partial charge in [-0.15, -0.1) is 0 Å². The van der Waals surface area contributed by atoms with Crippen LogP contribution in [0.5, 0.6) is 11.5 Å². The molecule has 9 heteroatoms. The van der Waals surface area contributed by atoms with Crippen molar-refractivity contribution in [3.8, 4) is 34.1 Å². The fourth-order valence-electron chi connectivity index (χ4n) is 3.73. The van der Waals surface area contributed by atoms with Crippen LogP contribution in [0.3, 0.4) is 0 Å². The minimum absolute atomic E-state index is 0.156. The van der Waals surface area contributed by atoms with Crippen LogP contribution >= 0.6 is 0 Å². The largest absolute Gasteiger partial charge is 0.457 e. The maximum atomic E-state index is 12.9. The van der Waals surface area contributed by atoms with E-state index in [1.165, 1.54) is 4.57 Å². The minimum Gasteiger partial charge on any atom is -0.457 e. The highest BCUT2D eigenvalue weighted by atomic mass is 16.5. The molecule has 0 atom stereocenters. The Bertz CT molecular complexity index is 1590. The van der Waals surface area contributed by atoms with Gasteiger partial charge in [-0.25, -0.2) is 9.97 Å². The van der Waals surface area contributed by atoms with E-state index in [0.29, 0.717) is 28.7 Å². The van der Waals surface area contributed by atoms with Crippen LogP contribution < -0.4 is 15.6 Å². The molecule has 0 aliphatic heterocycles. The van der Waals surface area contributed by atoms with Crippen molar-refractivity contribution in [1.82, 2.24) is 29.3 Å². The number of hydrogen-bond donors (Lipinski definition) is 1. The molecule has 0 radical (unpaired) electrons. The minimum atomic E-state index is -0.156. The molecule has 9 nitrogen and oxygen atoms in total. The molecule has 1 N–H and O–H groups in total. The van der Waals surface area contributed by atoms with E-state index in [2.05, 4.69) is 20.4 Å². The Balaban J connectivity index is 1.41. The van der Waals surface area contributed by atoms with Gasteiger partial charge >= 0.3 is 0 Å². The first-order valence-corrected chi connectivity index (χ1v) is 11.2. The van der Waals surface area contributed by atoms with E-state index in [4.69, 9.17) is 9.72 Å². The van der Waals surface area contributed by atoms with Crippen LogP contribution in [0.2, 0.25) is 0 Å². The third kappa shape index (κ3) is 4.61. The molecule has 176 valence electrons. The van der Waals surface area contributed by atoms with Gasteiger partial charge in [-0.05, 0) is 50.2 Å². The summed E-state index contributed by atoms with van der Waals surface area (Å²) in [7, 11) is 3.57. The second-order valence-electron chi connectivity index (χ2n) is 8.56. The molecule has 1 aromatic carbocycles. The van der Waals surface area contributed by atoms with Crippen LogP contribution in [0.15, 0.2) is 71.9 Å². The monoisotopic (exact) mass is 467 g/mol. The van der Waals surface area contributed by atoms with E-state index in [9.17, 15) is 4.79 Å². The molecule has 0 amide bonds. The van der Waals surface area contributed by atoms with Crippen LogP contribution in [0.4, 0.5) is 5.95 Å². The van der Waals surface area contributed by atoms with Crippen molar-refractivity contribution in [2.24, 2.45) is 14.1 Å². The van der Waals surface area contributed by atoms with Crippen LogP contribution in [0.25, 0.3) is 33.5 Å². The Morgan fingerprint density at radius 2 is 1.74 bits per heavy atom. The standard InChI is InChI=1S/C26H25N7O2/c1-16(2)29-26-28-15-20(25(34)33(26)4)22-7-5-17-13-18(6-8-21(17)30-22)35-19-9-11-27-24(14-19)23-10-12-32(3)31-23/h5-16H,1-4H3,(H,28,29). The first-order chi connectivity index (χ1) is 16.9. The number of nitrogens with one attached hydrogen (secondary N) is 1. The maximum absolute atomic E-state index is 12.9. The topological polar surface area (TPSA) is 99.8 Å². The van der Waals surface area contributed by atoms with Gasteiger partial charge in [-0.1, -0.05) is 6.07 Å². The average Bonchev–Trinajstić information content (AvgIpc) is 3.28. The molecule has 0 saturated heterocycles. The van der Waals surface area contributed by atoms with E-state index in [1.807, 2.05) is 69.6 Å². The zero-order valence-corrected chi connectivity index (χ0v) is 19.9. The van der Waals surface area contributed by atoms with E-state index in [0.717, 1.165) is 22.3 Å². The Morgan fingerprint density at radius 1 is 0.914 bits per heavy atom. The molecular weight excluding hydrogens is 442 g/mol. The van der Waals surface area contributed by atoms with Crippen LogP contribution in [-0.2, 0) is 14.1 Å². The first kappa shape index (κ1) is 22.3. The number of fused-ring (bicyclic) bond motifs is 1. The van der Waals surface area contributed by atoms with E-state index < -0.39 is 0 Å². The Labute approximate surface area is 202 Å². The van der Waals surface area contributed by atoms with Gasteiger partial charge in [0.1, 0.15) is 17.2 Å². The van der Waals surface area contributed by atoms with Gasteiger partial charge in [0.2, 0.25) is 5.95 Å². The highest BCUT2D eigenvalue weighted by Crippen LogP contribution is 2.28. The average molecular weight is 468 g/mol. The van der Waals surface area contributed by atoms with Crippen molar-refractivity contribution in [1.29, 1.82) is 0 Å². The number of aryl methyl sites for hydroxylation is 1. The Kier molecular flexibility index (Phi) is 5.74. The Hall–Kier alpha value is -4.53. The molecule has 0 saturated carbocycles. The van der Waals surface area contributed by atoms with Gasteiger partial charge in [-0.2, -0.15) is 5.10 Å². The number of rotatable bonds is 6. The number of aromatic nitrogens is 6. The summed E-state index contributed by atoms with van der Waals surface area (Å²) >= 11 is 0. The van der Waals surface area contributed by atoms with Crippen molar-refractivity contribution in [2.45, 2.75) is 19.9 Å². The third-order valence-electron chi connectivity index (χ3n) is 5.47. The zero-order chi connectivity index (χ0) is 24.5. The van der Waals surface area contributed by atoms with Crippen molar-refractivity contribution < 1.29 is 4.74 Å². The van der Waals surface area contributed by atoms with E-state index >= 15 is 0 Å². The van der Waals surface area contributed by atoms with Crippen LogP contribution in [0.1, 0.15) is 13.8 Å². The molecular formula is C26H25N7O2. The number of anilines is 1. The summed E-state index contributed by atoms with van der Waals surface area (Å²) in [6, 6.07) is 15.1. The van der Waals surface area contributed by atoms with Gasteiger partial charge in [-0.3, -0.25) is 19.0 Å². The molecule has 0 bridgehead atoms. The summed E-state index contributed by atoms with van der Waals surface area (Å²) in [5, 5.41) is 8.46. The lowest BCUT2D eigenvalue weighted by molar-refractivity contribution is 0.483. The number of benzene rings is 1. The van der Waals surface area contributed by atoms with Crippen LogP contribution in [0, 0.1) is 0 Å². The lowest BCUT2D eigenvalue weighted by Gasteiger charge is -2.13. The van der Waals surface area contributed by atoms with Crippen molar-refractivity contribution in [3.05, 3.63) is 77.5 Å². The molecule has 0 aliphatic carbocycles. The van der Waals surface area contributed by atoms with Gasteiger partial charge < -0.3 is 10.1 Å². The quantitative estimate of drug-likeness (QED) is 0.395. The molecule has 4 aromatic heterocycles. The maximum Gasteiger partial charge on any atom is 0.264 e. The highest BCUT2D eigenvalue weighted by Gasteiger charge is 2.12. The summed E-state index contributed by atoms with van der Waals surface area (Å²) < 4.78 is 9.32. The summed E-state index contributed by atoms with van der Waals surface area (Å²) in [4.78, 5) is 26.4. The molecule has 5 aromatic rings. The Morgan fingerprint density at radius 3 is 2.51 bits per heavy atom. The molecule has 0 fully saturated rings. The molecule has 35 heavy (non-hydrogen) atoms. The predicted molar refractivity (Wildman–Crippen MR) is 135 cm³/mol. The molecule has 5 rings (SSSR count). The van der Waals surface area contributed by atoms with Crippen molar-refractivity contribution in [2.75, 3.05) is 5.32 Å². The molecule has 4 heterocycles. The molecule has 0 aliphatic rings. The normalized spacial score (nSPS) is 11.2. The third-order valence-corrected chi connectivity index (χ3v) is 5.47. The van der Waals surface area contributed by atoms with Gasteiger partial charge in [0, 0.05) is 50.2 Å². The number of pyridine rings is 2. The number of hydrogen-bond acceptors (Lipinski definition) is 7. The smallest absolute Gasteiger partial charge is 0.264 e. The van der Waals surface area contributed by atoms with Gasteiger partial charge in [0.05, 0.1) is 22.5 Å². The summed E-state index contributed by atoms with van der Waals surface area (Å²) in [6.45, 7) is 3.99. The van der Waals surface area contributed by atoms with Gasteiger partial charge in [0.15, 0.2) is 0 Å². The number of ether oxygens (including phenoxy) is 1. The molecule has 0 unspecified atom stereocenters. The second-order valence-corrected chi connectivity index (χ2v) is 8.56. The molecule has 0 spiro atoms. The first-order valence-electron chi connectivity index (χ1n) is 11.2. The highest BCUT2D eigenvalue weighted by molar-refractivity contribution is 5.83. The lowest BCUT2D eigenvalue weighted by Crippen LogP contribution is -2.25. The second kappa shape index (κ2) is 9.02. The van der Waals surface area contributed by atoms with E-state index in [1.54, 1.807) is 30.2 Å². The lowest BCUT2D eigenvalue weighted by atomic mass is 10.1. The predicted octanol–water partition coefficient (Wildman–Crippen LogP) is 4.40. The number of nitrogens with zero attached hydrogens (tertiary/aromatic N) is 6. The van der Waals surface area contributed by atoms with E-state index in [-0.39, 0.29) is 11.6 Å². The SMILES string of the molecule is CC(C)Nc1ncc(-c2ccc3cc(Oc4ccnc(-c5ccn(C)n5)c4)ccc3n2)c(=O)n1C. The van der Waals surface area contributed by atoms with Crippen molar-refractivity contribution in [3.63, 3.8) is 0 Å². The van der Waals surface area contributed by atoms with Crippen molar-refractivity contribution >= 4 is 16.9 Å². The fraction of sp³-hybridized carbons (Fsp3) is 0.192. The summed E-state index contributed by atoms with van der Waals surface area (Å²) in [6.07, 6.45) is 5.14.